The second kappa shape index (κ2) is 7.62. The quantitative estimate of drug-likeness (QED) is 0.575. The number of hydrogen-bond acceptors (Lipinski definition) is 3. The average molecular weight is 190 g/mol. The molecule has 0 N–H and O–H groups in total. The van der Waals surface area contributed by atoms with Gasteiger partial charge in [0.2, 0.25) is 0 Å². The molecule has 0 saturated heterocycles. The van der Waals surface area contributed by atoms with Crippen LogP contribution in [0.3, 0.4) is 0 Å². The highest BCUT2D eigenvalue weighted by Crippen LogP contribution is 2.02. The summed E-state index contributed by atoms with van der Waals surface area (Å²) in [4.78, 5) is 11.1. The van der Waals surface area contributed by atoms with E-state index in [-0.39, 0.29) is 18.5 Å². The zero-order valence-corrected chi connectivity index (χ0v) is 8.95. The molecule has 3 heteroatoms. The number of hydrogen-bond donors (Lipinski definition) is 0. The monoisotopic (exact) mass is 190 g/mol. The maximum absolute atomic E-state index is 11.1. The lowest BCUT2D eigenvalue weighted by Gasteiger charge is -2.05. The molecule has 0 aliphatic carbocycles. The van der Waals surface area contributed by atoms with Crippen molar-refractivity contribution in [2.75, 3.05) is 18.1 Å². The first-order chi connectivity index (χ1) is 5.66. The van der Waals surface area contributed by atoms with Gasteiger partial charge in [-0.05, 0) is 26.0 Å². The van der Waals surface area contributed by atoms with E-state index in [0.29, 0.717) is 5.75 Å². The Hall–Kier alpha value is -0.0200. The molecule has 0 spiro atoms. The molecular formula is C9H18O2S. The molecule has 0 unspecified atom stereocenters. The number of ketones is 1. The van der Waals surface area contributed by atoms with Crippen LogP contribution in [0, 0.1) is 0 Å². The van der Waals surface area contributed by atoms with Gasteiger partial charge >= 0.3 is 0 Å². The van der Waals surface area contributed by atoms with Gasteiger partial charge in [0.25, 0.3) is 0 Å². The second-order valence-electron chi connectivity index (χ2n) is 2.95. The van der Waals surface area contributed by atoms with Crippen molar-refractivity contribution in [3.8, 4) is 0 Å². The highest BCUT2D eigenvalue weighted by molar-refractivity contribution is 7.99. The molecule has 0 rings (SSSR count). The smallest absolute Gasteiger partial charge is 0.168 e. The molecule has 0 aromatic heterocycles. The fourth-order valence-corrected chi connectivity index (χ4v) is 1.38. The van der Waals surface area contributed by atoms with E-state index in [2.05, 4.69) is 6.92 Å². The predicted octanol–water partition coefficient (Wildman–Crippen LogP) is 2.12. The highest BCUT2D eigenvalue weighted by Gasteiger charge is 2.02. The Labute approximate surface area is 79.1 Å². The third-order valence-electron chi connectivity index (χ3n) is 1.19. The summed E-state index contributed by atoms with van der Waals surface area (Å²) in [6.45, 7) is 6.26. The molecule has 2 nitrogen and oxygen atoms in total. The molecule has 12 heavy (non-hydrogen) atoms. The summed E-state index contributed by atoms with van der Waals surface area (Å²) >= 11 is 1.68. The van der Waals surface area contributed by atoms with Crippen LogP contribution in [0.15, 0.2) is 0 Å². The summed E-state index contributed by atoms with van der Waals surface area (Å²) in [7, 11) is 0. The average Bonchev–Trinajstić information content (AvgIpc) is 2.01. The molecule has 0 atom stereocenters. The summed E-state index contributed by atoms with van der Waals surface area (Å²) in [5, 5.41) is 0. The largest absolute Gasteiger partial charge is 0.371 e. The molecule has 0 aromatic rings. The van der Waals surface area contributed by atoms with Crippen molar-refractivity contribution < 1.29 is 9.53 Å². The summed E-state index contributed by atoms with van der Waals surface area (Å²) in [5.74, 6) is 1.86. The van der Waals surface area contributed by atoms with Crippen LogP contribution in [0.2, 0.25) is 0 Å². The van der Waals surface area contributed by atoms with E-state index in [0.717, 1.165) is 12.2 Å². The number of Topliss-reactive ketones (excluding diaryl/α,β-unsaturated/α-hetero) is 1. The third kappa shape index (κ3) is 8.08. The van der Waals surface area contributed by atoms with Crippen molar-refractivity contribution in [1.82, 2.24) is 0 Å². The Balaban J connectivity index is 3.22. The molecule has 72 valence electrons. The molecule has 0 aliphatic rings. The number of carbonyl (C=O) groups excluding carboxylic acids is 1. The maximum atomic E-state index is 11.1. The molecule has 0 aromatic carbocycles. The zero-order valence-electron chi connectivity index (χ0n) is 8.13. The van der Waals surface area contributed by atoms with Gasteiger partial charge in [-0.25, -0.2) is 0 Å². The Morgan fingerprint density at radius 2 is 2.17 bits per heavy atom. The van der Waals surface area contributed by atoms with Crippen LogP contribution in [-0.2, 0) is 9.53 Å². The Kier molecular flexibility index (Phi) is 7.61. The first-order valence-electron chi connectivity index (χ1n) is 4.37. The fourth-order valence-electron chi connectivity index (χ4n) is 0.632. The summed E-state index contributed by atoms with van der Waals surface area (Å²) in [5.41, 5.74) is 0. The molecule has 0 heterocycles. The standard InChI is InChI=1S/C9H18O2S/c1-4-5-12-7-9(10)6-11-8(2)3/h8H,4-7H2,1-3H3. The van der Waals surface area contributed by atoms with Gasteiger partial charge in [0.1, 0.15) is 6.61 Å². The van der Waals surface area contributed by atoms with Crippen LogP contribution in [-0.4, -0.2) is 30.0 Å². The lowest BCUT2D eigenvalue weighted by Crippen LogP contribution is -2.15. The van der Waals surface area contributed by atoms with Crippen LogP contribution < -0.4 is 0 Å². The van der Waals surface area contributed by atoms with Crippen LogP contribution in [0.1, 0.15) is 27.2 Å². The third-order valence-corrected chi connectivity index (χ3v) is 2.41. The van der Waals surface area contributed by atoms with Gasteiger partial charge in [-0.2, -0.15) is 11.8 Å². The molecule has 0 fully saturated rings. The first-order valence-corrected chi connectivity index (χ1v) is 5.53. The minimum atomic E-state index is 0.158. The number of rotatable bonds is 7. The number of carbonyl (C=O) groups is 1. The van der Waals surface area contributed by atoms with Crippen molar-refractivity contribution >= 4 is 17.5 Å². The van der Waals surface area contributed by atoms with Gasteiger partial charge in [-0.1, -0.05) is 6.92 Å². The van der Waals surface area contributed by atoms with Crippen molar-refractivity contribution in [3.05, 3.63) is 0 Å². The van der Waals surface area contributed by atoms with E-state index in [4.69, 9.17) is 4.74 Å². The highest BCUT2D eigenvalue weighted by atomic mass is 32.2. The molecule has 0 saturated carbocycles. The summed E-state index contributed by atoms with van der Waals surface area (Å²) in [6.07, 6.45) is 1.29. The van der Waals surface area contributed by atoms with Gasteiger partial charge in [0.15, 0.2) is 5.78 Å². The first kappa shape index (κ1) is 12.0. The van der Waals surface area contributed by atoms with Crippen LogP contribution in [0.5, 0.6) is 0 Å². The molecular weight excluding hydrogens is 172 g/mol. The molecule has 0 amide bonds. The van der Waals surface area contributed by atoms with E-state index >= 15 is 0 Å². The van der Waals surface area contributed by atoms with E-state index in [1.54, 1.807) is 11.8 Å². The van der Waals surface area contributed by atoms with Gasteiger partial charge in [-0.3, -0.25) is 4.79 Å². The lowest BCUT2D eigenvalue weighted by molar-refractivity contribution is -0.122. The minimum Gasteiger partial charge on any atom is -0.371 e. The Bertz CT molecular complexity index is 124. The minimum absolute atomic E-state index is 0.158. The van der Waals surface area contributed by atoms with Crippen LogP contribution >= 0.6 is 11.8 Å². The van der Waals surface area contributed by atoms with Gasteiger partial charge in [-0.15, -0.1) is 0 Å². The predicted molar refractivity (Wildman–Crippen MR) is 53.7 cm³/mol. The SMILES string of the molecule is CCCSCC(=O)COC(C)C. The van der Waals surface area contributed by atoms with E-state index in [9.17, 15) is 4.79 Å². The molecule has 0 bridgehead atoms. The van der Waals surface area contributed by atoms with Crippen molar-refractivity contribution in [3.63, 3.8) is 0 Å². The Morgan fingerprint density at radius 3 is 2.67 bits per heavy atom. The van der Waals surface area contributed by atoms with Crippen LogP contribution in [0.25, 0.3) is 0 Å². The molecule has 0 aliphatic heterocycles. The maximum Gasteiger partial charge on any atom is 0.168 e. The van der Waals surface area contributed by atoms with Gasteiger partial charge in [0, 0.05) is 0 Å². The Morgan fingerprint density at radius 1 is 1.50 bits per heavy atom. The second-order valence-corrected chi connectivity index (χ2v) is 4.06. The van der Waals surface area contributed by atoms with Crippen molar-refractivity contribution in [2.45, 2.75) is 33.3 Å². The normalized spacial score (nSPS) is 10.7. The van der Waals surface area contributed by atoms with Crippen molar-refractivity contribution in [1.29, 1.82) is 0 Å². The van der Waals surface area contributed by atoms with Gasteiger partial charge < -0.3 is 4.74 Å². The number of thioether (sulfide) groups is 1. The zero-order chi connectivity index (χ0) is 9.40. The topological polar surface area (TPSA) is 26.3 Å². The fraction of sp³-hybridized carbons (Fsp3) is 0.889. The lowest BCUT2D eigenvalue weighted by atomic mass is 10.4. The molecule has 0 radical (unpaired) electrons. The van der Waals surface area contributed by atoms with Crippen molar-refractivity contribution in [2.24, 2.45) is 0 Å². The van der Waals surface area contributed by atoms with Crippen LogP contribution in [0.4, 0.5) is 0 Å². The van der Waals surface area contributed by atoms with Gasteiger partial charge in [0.05, 0.1) is 11.9 Å². The van der Waals surface area contributed by atoms with E-state index < -0.39 is 0 Å². The van der Waals surface area contributed by atoms with E-state index in [1.807, 2.05) is 13.8 Å². The summed E-state index contributed by atoms with van der Waals surface area (Å²) in [6, 6.07) is 0. The number of ether oxygens (including phenoxy) is 1. The van der Waals surface area contributed by atoms with E-state index in [1.165, 1.54) is 0 Å². The summed E-state index contributed by atoms with van der Waals surface area (Å²) < 4.78 is 5.17.